The molecule has 2 rings (SSSR count). The van der Waals surface area contributed by atoms with E-state index in [1.165, 1.54) is 36.4 Å². The zero-order chi connectivity index (χ0) is 12.8. The lowest BCUT2D eigenvalue weighted by Crippen LogP contribution is -2.37. The lowest BCUT2D eigenvalue weighted by atomic mass is 9.98. The average Bonchev–Trinajstić information content (AvgIpc) is 2.40. The SMILES string of the molecule is CSc1ccc(CNCC2CCCN(C)C2)cc1. The molecule has 1 aliphatic heterocycles. The monoisotopic (exact) mass is 264 g/mol. The third-order valence-corrected chi connectivity index (χ3v) is 4.39. The van der Waals surface area contributed by atoms with Crippen molar-refractivity contribution in [3.63, 3.8) is 0 Å². The summed E-state index contributed by atoms with van der Waals surface area (Å²) in [5, 5.41) is 3.60. The molecule has 1 aromatic rings. The van der Waals surface area contributed by atoms with Crippen molar-refractivity contribution in [1.82, 2.24) is 10.2 Å². The summed E-state index contributed by atoms with van der Waals surface area (Å²) in [6.45, 7) is 4.66. The summed E-state index contributed by atoms with van der Waals surface area (Å²) in [6, 6.07) is 8.86. The van der Waals surface area contributed by atoms with Crippen molar-refractivity contribution in [1.29, 1.82) is 0 Å². The maximum absolute atomic E-state index is 3.60. The van der Waals surface area contributed by atoms with Crippen LogP contribution in [0, 0.1) is 5.92 Å². The number of nitrogens with zero attached hydrogens (tertiary/aromatic N) is 1. The van der Waals surface area contributed by atoms with Gasteiger partial charge in [0.05, 0.1) is 0 Å². The highest BCUT2D eigenvalue weighted by Crippen LogP contribution is 2.16. The fraction of sp³-hybridized carbons (Fsp3) is 0.600. The van der Waals surface area contributed by atoms with E-state index < -0.39 is 0 Å². The number of rotatable bonds is 5. The van der Waals surface area contributed by atoms with Gasteiger partial charge in [0, 0.05) is 18.0 Å². The van der Waals surface area contributed by atoms with Gasteiger partial charge < -0.3 is 10.2 Å². The molecule has 1 fully saturated rings. The number of nitrogens with one attached hydrogen (secondary N) is 1. The standard InChI is InChI=1S/C15H24N2S/c1-17-9-3-4-14(12-17)11-16-10-13-5-7-15(18-2)8-6-13/h5-8,14,16H,3-4,9-12H2,1-2H3. The second-order valence-corrected chi connectivity index (χ2v) is 6.13. The predicted molar refractivity (Wildman–Crippen MR) is 80.2 cm³/mol. The highest BCUT2D eigenvalue weighted by atomic mass is 32.2. The number of benzene rings is 1. The number of thioether (sulfide) groups is 1. The van der Waals surface area contributed by atoms with Crippen LogP contribution < -0.4 is 5.32 Å². The van der Waals surface area contributed by atoms with Crippen LogP contribution in [0.15, 0.2) is 29.2 Å². The Kier molecular flexibility index (Phi) is 5.54. The van der Waals surface area contributed by atoms with Gasteiger partial charge in [0.25, 0.3) is 0 Å². The molecule has 0 saturated carbocycles. The van der Waals surface area contributed by atoms with E-state index in [0.29, 0.717) is 0 Å². The van der Waals surface area contributed by atoms with Gasteiger partial charge in [0.1, 0.15) is 0 Å². The molecular formula is C15H24N2S. The first-order valence-electron chi connectivity index (χ1n) is 6.80. The largest absolute Gasteiger partial charge is 0.312 e. The molecule has 0 bridgehead atoms. The molecule has 2 nitrogen and oxygen atoms in total. The highest BCUT2D eigenvalue weighted by molar-refractivity contribution is 7.98. The molecule has 1 unspecified atom stereocenters. The normalized spacial score (nSPS) is 21.1. The molecule has 100 valence electrons. The van der Waals surface area contributed by atoms with Crippen LogP contribution in [0.5, 0.6) is 0 Å². The second kappa shape index (κ2) is 7.17. The van der Waals surface area contributed by atoms with E-state index in [4.69, 9.17) is 0 Å². The van der Waals surface area contributed by atoms with Crippen molar-refractivity contribution >= 4 is 11.8 Å². The molecule has 1 heterocycles. The van der Waals surface area contributed by atoms with Gasteiger partial charge in [-0.25, -0.2) is 0 Å². The molecule has 0 amide bonds. The first-order chi connectivity index (χ1) is 8.78. The number of hydrogen-bond acceptors (Lipinski definition) is 3. The zero-order valence-electron chi connectivity index (χ0n) is 11.5. The van der Waals surface area contributed by atoms with Crippen molar-refractivity contribution in [3.05, 3.63) is 29.8 Å². The van der Waals surface area contributed by atoms with E-state index in [2.05, 4.69) is 47.8 Å². The number of hydrogen-bond donors (Lipinski definition) is 1. The molecule has 0 spiro atoms. The van der Waals surface area contributed by atoms with Gasteiger partial charge in [0.2, 0.25) is 0 Å². The summed E-state index contributed by atoms with van der Waals surface area (Å²) < 4.78 is 0. The van der Waals surface area contributed by atoms with E-state index >= 15 is 0 Å². The van der Waals surface area contributed by atoms with Crippen LogP contribution in [-0.2, 0) is 6.54 Å². The third-order valence-electron chi connectivity index (χ3n) is 3.64. The van der Waals surface area contributed by atoms with E-state index in [0.717, 1.165) is 19.0 Å². The first kappa shape index (κ1) is 13.9. The van der Waals surface area contributed by atoms with Crippen LogP contribution in [0.1, 0.15) is 18.4 Å². The maximum Gasteiger partial charge on any atom is 0.0205 e. The Bertz CT molecular complexity index is 350. The quantitative estimate of drug-likeness (QED) is 0.823. The Morgan fingerprint density at radius 1 is 1.33 bits per heavy atom. The van der Waals surface area contributed by atoms with E-state index in [1.807, 2.05) is 0 Å². The summed E-state index contributed by atoms with van der Waals surface area (Å²) in [5.74, 6) is 0.828. The summed E-state index contributed by atoms with van der Waals surface area (Å²) in [6.07, 6.45) is 4.85. The topological polar surface area (TPSA) is 15.3 Å². The van der Waals surface area contributed by atoms with Gasteiger partial charge in [-0.2, -0.15) is 0 Å². The number of likely N-dealkylation sites (tertiary alicyclic amines) is 1. The molecule has 1 aliphatic rings. The smallest absolute Gasteiger partial charge is 0.0205 e. The Morgan fingerprint density at radius 3 is 2.78 bits per heavy atom. The van der Waals surface area contributed by atoms with Crippen LogP contribution >= 0.6 is 11.8 Å². The van der Waals surface area contributed by atoms with Crippen molar-refractivity contribution in [3.8, 4) is 0 Å². The van der Waals surface area contributed by atoms with Crippen LogP contribution in [0.4, 0.5) is 0 Å². The molecule has 18 heavy (non-hydrogen) atoms. The molecule has 1 N–H and O–H groups in total. The minimum atomic E-state index is 0.828. The molecule has 3 heteroatoms. The minimum absolute atomic E-state index is 0.828. The summed E-state index contributed by atoms with van der Waals surface area (Å²) in [5.41, 5.74) is 1.39. The predicted octanol–water partition coefficient (Wildman–Crippen LogP) is 2.84. The third kappa shape index (κ3) is 4.30. The summed E-state index contributed by atoms with van der Waals surface area (Å²) >= 11 is 1.80. The van der Waals surface area contributed by atoms with Gasteiger partial charge in [-0.05, 0) is 62.8 Å². The van der Waals surface area contributed by atoms with Crippen LogP contribution in [-0.4, -0.2) is 37.8 Å². The first-order valence-corrected chi connectivity index (χ1v) is 8.02. The van der Waals surface area contributed by atoms with Gasteiger partial charge in [0.15, 0.2) is 0 Å². The lowest BCUT2D eigenvalue weighted by Gasteiger charge is -2.29. The minimum Gasteiger partial charge on any atom is -0.312 e. The molecule has 1 aromatic carbocycles. The number of piperidine rings is 1. The van der Waals surface area contributed by atoms with Crippen LogP contribution in [0.25, 0.3) is 0 Å². The lowest BCUT2D eigenvalue weighted by molar-refractivity contribution is 0.206. The Labute approximate surface area is 115 Å². The molecule has 0 aliphatic carbocycles. The van der Waals surface area contributed by atoms with Gasteiger partial charge in [-0.15, -0.1) is 11.8 Å². The molecule has 1 saturated heterocycles. The van der Waals surface area contributed by atoms with Crippen molar-refractivity contribution < 1.29 is 0 Å². The second-order valence-electron chi connectivity index (χ2n) is 5.25. The van der Waals surface area contributed by atoms with Crippen molar-refractivity contribution in [2.45, 2.75) is 24.3 Å². The fourth-order valence-electron chi connectivity index (χ4n) is 2.60. The molecular weight excluding hydrogens is 240 g/mol. The fourth-order valence-corrected chi connectivity index (χ4v) is 3.01. The molecule has 0 aromatic heterocycles. The van der Waals surface area contributed by atoms with Gasteiger partial charge in [-0.3, -0.25) is 0 Å². The highest BCUT2D eigenvalue weighted by Gasteiger charge is 2.16. The maximum atomic E-state index is 3.60. The summed E-state index contributed by atoms with van der Waals surface area (Å²) in [7, 11) is 2.23. The Balaban J connectivity index is 1.70. The van der Waals surface area contributed by atoms with Gasteiger partial charge in [-0.1, -0.05) is 12.1 Å². The summed E-state index contributed by atoms with van der Waals surface area (Å²) in [4.78, 5) is 3.79. The Morgan fingerprint density at radius 2 is 2.11 bits per heavy atom. The van der Waals surface area contributed by atoms with E-state index in [-0.39, 0.29) is 0 Å². The molecule has 0 radical (unpaired) electrons. The van der Waals surface area contributed by atoms with Crippen LogP contribution in [0.3, 0.4) is 0 Å². The van der Waals surface area contributed by atoms with Crippen molar-refractivity contribution in [2.24, 2.45) is 5.92 Å². The zero-order valence-corrected chi connectivity index (χ0v) is 12.3. The van der Waals surface area contributed by atoms with Crippen molar-refractivity contribution in [2.75, 3.05) is 32.9 Å². The van der Waals surface area contributed by atoms with E-state index in [1.54, 1.807) is 11.8 Å². The van der Waals surface area contributed by atoms with E-state index in [9.17, 15) is 0 Å². The average molecular weight is 264 g/mol. The molecule has 1 atom stereocenters. The van der Waals surface area contributed by atoms with Crippen LogP contribution in [0.2, 0.25) is 0 Å². The van der Waals surface area contributed by atoms with Gasteiger partial charge >= 0.3 is 0 Å². The Hall–Kier alpha value is -0.510.